The van der Waals surface area contributed by atoms with Crippen LogP contribution in [0.2, 0.25) is 0 Å². The van der Waals surface area contributed by atoms with Crippen molar-refractivity contribution in [2.75, 3.05) is 18.4 Å². The van der Waals surface area contributed by atoms with Crippen LogP contribution in [0.25, 0.3) is 0 Å². The maximum Gasteiger partial charge on any atom is 0.265 e. The van der Waals surface area contributed by atoms with Crippen LogP contribution in [0.5, 0.6) is 5.75 Å². The second-order valence-electron chi connectivity index (χ2n) is 4.98. The number of rotatable bonds is 4. The minimum atomic E-state index is -3.85. The number of carbonyl (C=O) groups excluding carboxylic acids is 1. The molecule has 0 radical (unpaired) electrons. The molecular weight excluding hydrogens is 318 g/mol. The zero-order chi connectivity index (χ0) is 16.4. The van der Waals surface area contributed by atoms with E-state index in [9.17, 15) is 13.2 Å². The molecule has 1 aromatic carbocycles. The highest BCUT2D eigenvalue weighted by atomic mass is 32.2. The van der Waals surface area contributed by atoms with Gasteiger partial charge >= 0.3 is 0 Å². The summed E-state index contributed by atoms with van der Waals surface area (Å²) in [5.74, 6) is -0.0132. The number of sulfonamides is 1. The molecule has 3 rings (SSSR count). The van der Waals surface area contributed by atoms with E-state index in [0.29, 0.717) is 24.2 Å². The number of methoxy groups -OCH3 is 1. The van der Waals surface area contributed by atoms with Gasteiger partial charge in [-0.3, -0.25) is 14.5 Å². The van der Waals surface area contributed by atoms with Crippen molar-refractivity contribution in [3.05, 3.63) is 47.8 Å². The summed E-state index contributed by atoms with van der Waals surface area (Å²) in [5, 5.41) is 2.70. The first-order valence-corrected chi connectivity index (χ1v) is 8.42. The molecule has 0 spiro atoms. The monoisotopic (exact) mass is 333 g/mol. The first kappa shape index (κ1) is 15.3. The van der Waals surface area contributed by atoms with E-state index in [2.05, 4.69) is 15.0 Å². The van der Waals surface area contributed by atoms with Crippen LogP contribution in [0.15, 0.2) is 41.4 Å². The number of hydrogen-bond donors (Lipinski definition) is 2. The van der Waals surface area contributed by atoms with Crippen molar-refractivity contribution in [1.29, 1.82) is 0 Å². The molecule has 0 saturated heterocycles. The van der Waals surface area contributed by atoms with Gasteiger partial charge in [-0.05, 0) is 18.2 Å². The lowest BCUT2D eigenvalue weighted by atomic mass is 10.1. The van der Waals surface area contributed by atoms with Crippen LogP contribution in [-0.2, 0) is 16.4 Å². The Morgan fingerprint density at radius 2 is 2.09 bits per heavy atom. The number of ether oxygens (including phenoxy) is 1. The number of para-hydroxylation sites is 1. The number of anilines is 1. The van der Waals surface area contributed by atoms with Crippen LogP contribution < -0.4 is 14.8 Å². The van der Waals surface area contributed by atoms with Crippen LogP contribution in [0.3, 0.4) is 0 Å². The fourth-order valence-corrected chi connectivity index (χ4v) is 3.59. The predicted octanol–water partition coefficient (Wildman–Crippen LogP) is 1.18. The van der Waals surface area contributed by atoms with Gasteiger partial charge in [0.1, 0.15) is 10.6 Å². The molecule has 8 heteroatoms. The summed E-state index contributed by atoms with van der Waals surface area (Å²) in [6, 6.07) is 7.79. The molecule has 0 unspecified atom stereocenters. The normalized spacial score (nSPS) is 13.9. The van der Waals surface area contributed by atoms with Crippen LogP contribution >= 0.6 is 0 Å². The van der Waals surface area contributed by atoms with Gasteiger partial charge in [-0.1, -0.05) is 12.1 Å². The molecular formula is C15H15N3O4S. The molecule has 7 nitrogen and oxygen atoms in total. The summed E-state index contributed by atoms with van der Waals surface area (Å²) < 4.78 is 32.5. The molecule has 2 N–H and O–H groups in total. The van der Waals surface area contributed by atoms with Gasteiger partial charge in [-0.15, -0.1) is 0 Å². The Hall–Kier alpha value is -2.61. The van der Waals surface area contributed by atoms with Gasteiger partial charge in [-0.2, -0.15) is 0 Å². The zero-order valence-corrected chi connectivity index (χ0v) is 13.2. The smallest absolute Gasteiger partial charge is 0.265 e. The average Bonchev–Trinajstić information content (AvgIpc) is 2.55. The molecule has 120 valence electrons. The number of benzene rings is 1. The quantitative estimate of drug-likeness (QED) is 0.875. The molecule has 1 aromatic heterocycles. The lowest BCUT2D eigenvalue weighted by Gasteiger charge is -2.17. The molecule has 0 saturated carbocycles. The number of nitrogens with zero attached hydrogens (tertiary/aromatic N) is 1. The standard InChI is InChI=1S/C15H15N3O4S/c1-22-13-4-2-3-5-14(13)23(20,21)18-10-8-11-12(17-9-10)6-7-16-15(11)19/h2-5,8-9,18H,6-7H2,1H3,(H,16,19). The van der Waals surface area contributed by atoms with E-state index in [0.717, 1.165) is 0 Å². The minimum absolute atomic E-state index is 0.0182. The highest BCUT2D eigenvalue weighted by molar-refractivity contribution is 7.92. The molecule has 23 heavy (non-hydrogen) atoms. The Morgan fingerprint density at radius 3 is 2.87 bits per heavy atom. The van der Waals surface area contributed by atoms with E-state index < -0.39 is 10.0 Å². The van der Waals surface area contributed by atoms with Crippen LogP contribution in [-0.4, -0.2) is 33.0 Å². The molecule has 0 bridgehead atoms. The largest absolute Gasteiger partial charge is 0.495 e. The van der Waals surface area contributed by atoms with Crippen molar-refractivity contribution >= 4 is 21.6 Å². The summed E-state index contributed by atoms with van der Waals surface area (Å²) >= 11 is 0. The van der Waals surface area contributed by atoms with Crippen molar-refractivity contribution in [3.63, 3.8) is 0 Å². The highest BCUT2D eigenvalue weighted by Crippen LogP contribution is 2.26. The maximum absolute atomic E-state index is 12.5. The predicted molar refractivity (Wildman–Crippen MR) is 84.1 cm³/mol. The molecule has 0 fully saturated rings. The van der Waals surface area contributed by atoms with E-state index in [1.54, 1.807) is 18.2 Å². The fraction of sp³-hybridized carbons (Fsp3) is 0.200. The van der Waals surface area contributed by atoms with Gasteiger partial charge in [0.05, 0.1) is 30.3 Å². The Balaban J connectivity index is 1.95. The number of pyridine rings is 1. The number of hydrogen-bond acceptors (Lipinski definition) is 5. The average molecular weight is 333 g/mol. The second kappa shape index (κ2) is 5.88. The molecule has 0 aliphatic carbocycles. The van der Waals surface area contributed by atoms with Gasteiger partial charge in [0, 0.05) is 13.0 Å². The Bertz CT molecular complexity index is 865. The van der Waals surface area contributed by atoms with E-state index in [4.69, 9.17) is 4.74 Å². The van der Waals surface area contributed by atoms with Crippen LogP contribution in [0.4, 0.5) is 5.69 Å². The summed E-state index contributed by atoms with van der Waals surface area (Å²) in [5.41, 5.74) is 1.28. The van der Waals surface area contributed by atoms with E-state index in [1.807, 2.05) is 0 Å². The minimum Gasteiger partial charge on any atom is -0.495 e. The lowest BCUT2D eigenvalue weighted by Crippen LogP contribution is -2.32. The SMILES string of the molecule is COc1ccccc1S(=O)(=O)Nc1cnc2c(c1)C(=O)NCC2. The Kier molecular flexibility index (Phi) is 3.91. The number of carbonyl (C=O) groups is 1. The van der Waals surface area contributed by atoms with Gasteiger partial charge in [-0.25, -0.2) is 8.42 Å². The maximum atomic E-state index is 12.5. The van der Waals surface area contributed by atoms with Crippen molar-refractivity contribution < 1.29 is 17.9 Å². The zero-order valence-electron chi connectivity index (χ0n) is 12.4. The fourth-order valence-electron chi connectivity index (χ4n) is 2.39. The summed E-state index contributed by atoms with van der Waals surface area (Å²) in [6.45, 7) is 0.533. The molecule has 2 heterocycles. The third-order valence-electron chi connectivity index (χ3n) is 3.47. The van der Waals surface area contributed by atoms with Crippen LogP contribution in [0, 0.1) is 0 Å². The first-order valence-electron chi connectivity index (χ1n) is 6.94. The summed E-state index contributed by atoms with van der Waals surface area (Å²) in [4.78, 5) is 16.0. The third kappa shape index (κ3) is 2.98. The summed E-state index contributed by atoms with van der Waals surface area (Å²) in [7, 11) is -2.44. The number of amides is 1. The molecule has 2 aromatic rings. The lowest BCUT2D eigenvalue weighted by molar-refractivity contribution is 0.0945. The van der Waals surface area contributed by atoms with Crippen molar-refractivity contribution in [2.45, 2.75) is 11.3 Å². The number of nitrogens with one attached hydrogen (secondary N) is 2. The summed E-state index contributed by atoms with van der Waals surface area (Å²) in [6.07, 6.45) is 2.03. The van der Waals surface area contributed by atoms with E-state index >= 15 is 0 Å². The van der Waals surface area contributed by atoms with Crippen molar-refractivity contribution in [3.8, 4) is 5.75 Å². The van der Waals surface area contributed by atoms with Gasteiger partial charge < -0.3 is 10.1 Å². The van der Waals surface area contributed by atoms with Gasteiger partial charge in [0.25, 0.3) is 15.9 Å². The van der Waals surface area contributed by atoms with E-state index in [-0.39, 0.29) is 22.2 Å². The number of aromatic nitrogens is 1. The first-order chi connectivity index (χ1) is 11.0. The molecule has 0 atom stereocenters. The second-order valence-corrected chi connectivity index (χ2v) is 6.63. The molecule has 1 amide bonds. The molecule has 1 aliphatic rings. The Morgan fingerprint density at radius 1 is 1.30 bits per heavy atom. The molecule has 1 aliphatic heterocycles. The highest BCUT2D eigenvalue weighted by Gasteiger charge is 2.22. The Labute approximate surface area is 133 Å². The topological polar surface area (TPSA) is 97.4 Å². The third-order valence-corrected chi connectivity index (χ3v) is 4.89. The van der Waals surface area contributed by atoms with Crippen molar-refractivity contribution in [1.82, 2.24) is 10.3 Å². The van der Waals surface area contributed by atoms with Crippen molar-refractivity contribution in [2.24, 2.45) is 0 Å². The van der Waals surface area contributed by atoms with E-state index in [1.165, 1.54) is 25.4 Å². The van der Waals surface area contributed by atoms with Gasteiger partial charge in [0.2, 0.25) is 0 Å². The number of fused-ring (bicyclic) bond motifs is 1. The van der Waals surface area contributed by atoms with Gasteiger partial charge in [0.15, 0.2) is 0 Å². The van der Waals surface area contributed by atoms with Crippen LogP contribution in [0.1, 0.15) is 16.1 Å².